The molecule has 2 N–H and O–H groups in total. The van der Waals surface area contributed by atoms with Crippen LogP contribution in [0.15, 0.2) is 4.52 Å². The van der Waals surface area contributed by atoms with Crippen molar-refractivity contribution in [2.45, 2.75) is 44.0 Å². The minimum Gasteiger partial charge on any atom is -0.364 e. The highest BCUT2D eigenvalue weighted by atomic mass is 19.4. The Hall–Kier alpha value is -1.15. The molecule has 0 spiro atoms. The number of alkyl halides is 3. The van der Waals surface area contributed by atoms with Crippen LogP contribution in [0.1, 0.15) is 37.4 Å². The van der Waals surface area contributed by atoms with Crippen LogP contribution < -0.4 is 5.73 Å². The molecule has 0 aromatic carbocycles. The summed E-state index contributed by atoms with van der Waals surface area (Å²) >= 11 is 0. The van der Waals surface area contributed by atoms with Crippen LogP contribution in [0.2, 0.25) is 0 Å². The third-order valence-corrected chi connectivity index (χ3v) is 2.89. The monoisotopic (exact) mass is 265 g/mol. The van der Waals surface area contributed by atoms with Crippen molar-refractivity contribution in [1.82, 2.24) is 10.1 Å². The van der Waals surface area contributed by atoms with E-state index in [1.54, 1.807) is 0 Å². The van der Waals surface area contributed by atoms with Crippen LogP contribution in [0.5, 0.6) is 0 Å². The summed E-state index contributed by atoms with van der Waals surface area (Å²) in [6.07, 6.45) is -0.888. The van der Waals surface area contributed by atoms with E-state index in [4.69, 9.17) is 10.3 Å². The second-order valence-corrected chi connectivity index (χ2v) is 4.49. The molecule has 1 saturated carbocycles. The molecule has 2 rings (SSSR count). The third-order valence-electron chi connectivity index (χ3n) is 2.89. The maximum Gasteiger partial charge on any atom is 0.411 e. The molecule has 8 heteroatoms. The normalized spacial score (nSPS) is 19.3. The highest BCUT2D eigenvalue weighted by molar-refractivity contribution is 5.04. The molecule has 1 aliphatic carbocycles. The SMILES string of the molecule is NC1(c2nc(COCC(F)(F)F)no2)CCCC1. The minimum atomic E-state index is -4.35. The molecule has 0 bridgehead atoms. The average molecular weight is 265 g/mol. The highest BCUT2D eigenvalue weighted by Gasteiger charge is 2.37. The summed E-state index contributed by atoms with van der Waals surface area (Å²) < 4.78 is 45.0. The molecule has 0 aliphatic heterocycles. The molecule has 0 radical (unpaired) electrons. The minimum absolute atomic E-state index is 0.0889. The van der Waals surface area contributed by atoms with E-state index in [2.05, 4.69) is 14.9 Å². The van der Waals surface area contributed by atoms with Gasteiger partial charge in [0.05, 0.1) is 5.54 Å². The summed E-state index contributed by atoms with van der Waals surface area (Å²) in [5, 5.41) is 3.57. The highest BCUT2D eigenvalue weighted by Crippen LogP contribution is 2.35. The van der Waals surface area contributed by atoms with Crippen molar-refractivity contribution < 1.29 is 22.4 Å². The molecular weight excluding hydrogens is 251 g/mol. The van der Waals surface area contributed by atoms with Crippen LogP contribution in [0.3, 0.4) is 0 Å². The number of halogens is 3. The van der Waals surface area contributed by atoms with Gasteiger partial charge in [-0.2, -0.15) is 18.2 Å². The van der Waals surface area contributed by atoms with Crippen molar-refractivity contribution in [1.29, 1.82) is 0 Å². The first-order valence-electron chi connectivity index (χ1n) is 5.65. The fourth-order valence-electron chi connectivity index (χ4n) is 1.99. The van der Waals surface area contributed by atoms with Gasteiger partial charge >= 0.3 is 6.18 Å². The second-order valence-electron chi connectivity index (χ2n) is 4.49. The van der Waals surface area contributed by atoms with E-state index in [9.17, 15) is 13.2 Å². The topological polar surface area (TPSA) is 74.2 Å². The van der Waals surface area contributed by atoms with E-state index in [0.29, 0.717) is 0 Å². The van der Waals surface area contributed by atoms with Crippen LogP contribution in [-0.4, -0.2) is 22.9 Å². The molecule has 18 heavy (non-hydrogen) atoms. The Morgan fingerprint density at radius 2 is 2.00 bits per heavy atom. The van der Waals surface area contributed by atoms with E-state index in [0.717, 1.165) is 25.7 Å². The Morgan fingerprint density at radius 3 is 2.61 bits per heavy atom. The fraction of sp³-hybridized carbons (Fsp3) is 0.800. The van der Waals surface area contributed by atoms with Crippen LogP contribution >= 0.6 is 0 Å². The molecule has 0 amide bonds. The molecule has 1 aromatic heterocycles. The predicted molar refractivity (Wildman–Crippen MR) is 54.3 cm³/mol. The van der Waals surface area contributed by atoms with Gasteiger partial charge in [-0.15, -0.1) is 0 Å². The van der Waals surface area contributed by atoms with Gasteiger partial charge in [0.2, 0.25) is 5.89 Å². The van der Waals surface area contributed by atoms with Gasteiger partial charge in [0, 0.05) is 0 Å². The Bertz CT molecular complexity index is 399. The van der Waals surface area contributed by atoms with Gasteiger partial charge in [-0.3, -0.25) is 0 Å². The largest absolute Gasteiger partial charge is 0.411 e. The number of hydrogen-bond donors (Lipinski definition) is 1. The first-order chi connectivity index (χ1) is 8.39. The fourth-order valence-corrected chi connectivity index (χ4v) is 1.99. The summed E-state index contributed by atoms with van der Waals surface area (Å²) in [5.41, 5.74) is 5.44. The summed E-state index contributed by atoms with van der Waals surface area (Å²) in [6.45, 7) is -1.66. The van der Waals surface area contributed by atoms with Crippen LogP contribution in [0.25, 0.3) is 0 Å². The maximum atomic E-state index is 11.9. The Morgan fingerprint density at radius 1 is 1.33 bits per heavy atom. The number of ether oxygens (including phenoxy) is 1. The lowest BCUT2D eigenvalue weighted by Gasteiger charge is -2.17. The van der Waals surface area contributed by atoms with E-state index in [-0.39, 0.29) is 18.3 Å². The maximum absolute atomic E-state index is 11.9. The smallest absolute Gasteiger partial charge is 0.364 e. The van der Waals surface area contributed by atoms with Crippen molar-refractivity contribution in [2.75, 3.05) is 6.61 Å². The lowest BCUT2D eigenvalue weighted by molar-refractivity contribution is -0.177. The van der Waals surface area contributed by atoms with Gasteiger partial charge < -0.3 is 15.0 Å². The van der Waals surface area contributed by atoms with Crippen LogP contribution in [0.4, 0.5) is 13.2 Å². The lowest BCUT2D eigenvalue weighted by atomic mass is 9.99. The number of hydrogen-bond acceptors (Lipinski definition) is 5. The molecule has 102 valence electrons. The Balaban J connectivity index is 1.90. The predicted octanol–water partition coefficient (Wildman–Crippen LogP) is 1.88. The van der Waals surface area contributed by atoms with Crippen molar-refractivity contribution in [3.05, 3.63) is 11.7 Å². The molecule has 0 saturated heterocycles. The number of rotatable bonds is 4. The van der Waals surface area contributed by atoms with Crippen molar-refractivity contribution in [3.8, 4) is 0 Å². The molecule has 1 fully saturated rings. The zero-order chi connectivity index (χ0) is 13.2. The van der Waals surface area contributed by atoms with Crippen molar-refractivity contribution in [3.63, 3.8) is 0 Å². The van der Waals surface area contributed by atoms with Gasteiger partial charge in [-0.1, -0.05) is 18.0 Å². The molecule has 5 nitrogen and oxygen atoms in total. The number of nitrogens with two attached hydrogens (primary N) is 1. The van der Waals surface area contributed by atoms with Crippen molar-refractivity contribution in [2.24, 2.45) is 5.73 Å². The molecule has 1 aliphatic rings. The number of aromatic nitrogens is 2. The molecular formula is C10H14F3N3O2. The van der Waals surface area contributed by atoms with Gasteiger partial charge in [-0.25, -0.2) is 0 Å². The van der Waals surface area contributed by atoms with Gasteiger partial charge in [0.25, 0.3) is 0 Å². The first-order valence-corrected chi connectivity index (χ1v) is 5.65. The van der Waals surface area contributed by atoms with Gasteiger partial charge in [0.1, 0.15) is 13.2 Å². The van der Waals surface area contributed by atoms with Gasteiger partial charge in [-0.05, 0) is 12.8 Å². The Kier molecular flexibility index (Phi) is 3.58. The summed E-state index contributed by atoms with van der Waals surface area (Å²) in [7, 11) is 0. The van der Waals surface area contributed by atoms with Gasteiger partial charge in [0.15, 0.2) is 5.82 Å². The van der Waals surface area contributed by atoms with Crippen molar-refractivity contribution >= 4 is 0 Å². The van der Waals surface area contributed by atoms with E-state index < -0.39 is 18.3 Å². The quantitative estimate of drug-likeness (QED) is 0.899. The first kappa shape index (κ1) is 13.3. The third kappa shape index (κ3) is 3.20. The van der Waals surface area contributed by atoms with E-state index in [1.807, 2.05) is 0 Å². The average Bonchev–Trinajstić information content (AvgIpc) is 2.86. The molecule has 1 aromatic rings. The standard InChI is InChI=1S/C10H14F3N3O2/c11-10(12,13)6-17-5-7-15-8(18-16-7)9(14)3-1-2-4-9/h1-6,14H2. The summed E-state index contributed by atoms with van der Waals surface area (Å²) in [6, 6.07) is 0. The zero-order valence-corrected chi connectivity index (χ0v) is 9.66. The van der Waals surface area contributed by atoms with E-state index in [1.165, 1.54) is 0 Å². The molecule has 0 atom stereocenters. The molecule has 1 heterocycles. The van der Waals surface area contributed by atoms with Crippen LogP contribution in [-0.2, 0) is 16.9 Å². The summed E-state index contributed by atoms with van der Waals surface area (Å²) in [5.74, 6) is 0.372. The van der Waals surface area contributed by atoms with E-state index >= 15 is 0 Å². The Labute approximate surface area is 101 Å². The lowest BCUT2D eigenvalue weighted by Crippen LogP contribution is -2.33. The molecule has 0 unspecified atom stereocenters. The summed E-state index contributed by atoms with van der Waals surface area (Å²) in [4.78, 5) is 3.99. The van der Waals surface area contributed by atoms with Crippen LogP contribution in [0, 0.1) is 0 Å². The number of nitrogens with zero attached hydrogens (tertiary/aromatic N) is 2. The zero-order valence-electron chi connectivity index (χ0n) is 9.66. The second kappa shape index (κ2) is 4.85.